The monoisotopic (exact) mass is 388 g/mol. The Hall–Kier alpha value is -1.99. The Morgan fingerprint density at radius 1 is 1.04 bits per heavy atom. The van der Waals surface area contributed by atoms with Crippen LogP contribution < -0.4 is 10.5 Å². The summed E-state index contributed by atoms with van der Waals surface area (Å²) in [5.74, 6) is 0.778. The largest absolute Gasteiger partial charge is 0.497 e. The zero-order chi connectivity index (χ0) is 21.0. The summed E-state index contributed by atoms with van der Waals surface area (Å²) in [6, 6.07) is 8.43. The van der Waals surface area contributed by atoms with Crippen molar-refractivity contribution in [3.63, 3.8) is 0 Å². The number of methoxy groups -OCH3 is 1. The molecule has 1 amide bonds. The summed E-state index contributed by atoms with van der Waals surface area (Å²) >= 11 is 0. The summed E-state index contributed by atoms with van der Waals surface area (Å²) in [6.45, 7) is 6.05. The molecular weight excluding hydrogens is 348 g/mol. The number of likely N-dealkylation sites (tertiary alicyclic amines) is 1. The van der Waals surface area contributed by atoms with Crippen molar-refractivity contribution < 1.29 is 9.53 Å². The summed E-state index contributed by atoms with van der Waals surface area (Å²) in [6.07, 6.45) is 19.7. The van der Waals surface area contributed by atoms with Gasteiger partial charge < -0.3 is 15.4 Å². The number of hydrogen-bond acceptors (Lipinski definition) is 3. The minimum absolute atomic E-state index is 0.170. The molecule has 0 aromatic heterocycles. The molecule has 4 nitrogen and oxygen atoms in total. The van der Waals surface area contributed by atoms with Gasteiger partial charge in [-0.05, 0) is 69.4 Å². The van der Waals surface area contributed by atoms with Gasteiger partial charge in [0, 0.05) is 6.42 Å². The van der Waals surface area contributed by atoms with E-state index in [0.717, 1.165) is 18.6 Å². The number of unbranched alkanes of at least 4 members (excludes halogenated alkanes) is 4. The standard InChI is InChI=1S/C14H21NO.C8H17NO.C2H2/c1-16-14-8-6-13(7-9-14)5-4-12-15-10-2-3-11-15;1-2-3-4-5-6-7-8(9)10;1-2/h6-9H,2-5,10-12H2,1H3;2-7H2,1H3,(H2,9,10);1-2H. The van der Waals surface area contributed by atoms with Gasteiger partial charge in [-0.3, -0.25) is 4.79 Å². The minimum Gasteiger partial charge on any atom is -0.497 e. The van der Waals surface area contributed by atoms with Gasteiger partial charge in [0.1, 0.15) is 5.75 Å². The number of rotatable bonds is 11. The molecule has 2 rings (SSSR count). The van der Waals surface area contributed by atoms with Crippen LogP contribution in [0.1, 0.15) is 70.3 Å². The van der Waals surface area contributed by atoms with E-state index in [2.05, 4.69) is 36.8 Å². The predicted octanol–water partition coefficient (Wildman–Crippen LogP) is 4.81. The maximum Gasteiger partial charge on any atom is 0.217 e. The van der Waals surface area contributed by atoms with Crippen molar-refractivity contribution >= 4 is 5.91 Å². The molecule has 158 valence electrons. The third-order valence-corrected chi connectivity index (χ3v) is 4.82. The van der Waals surface area contributed by atoms with Crippen LogP contribution in [0.5, 0.6) is 5.75 Å². The van der Waals surface area contributed by atoms with Crippen LogP contribution in [-0.4, -0.2) is 37.6 Å². The molecule has 1 aliphatic rings. The van der Waals surface area contributed by atoms with Crippen molar-refractivity contribution in [2.45, 2.75) is 71.1 Å². The molecule has 0 saturated carbocycles. The average molecular weight is 389 g/mol. The van der Waals surface area contributed by atoms with Crippen LogP contribution in [0, 0.1) is 12.8 Å². The van der Waals surface area contributed by atoms with Gasteiger partial charge in [0.15, 0.2) is 0 Å². The molecule has 0 atom stereocenters. The molecule has 0 aliphatic carbocycles. The van der Waals surface area contributed by atoms with E-state index in [-0.39, 0.29) is 5.91 Å². The Morgan fingerprint density at radius 2 is 1.64 bits per heavy atom. The third-order valence-electron chi connectivity index (χ3n) is 4.82. The summed E-state index contributed by atoms with van der Waals surface area (Å²) < 4.78 is 5.15. The van der Waals surface area contributed by atoms with Crippen LogP contribution in [0.15, 0.2) is 24.3 Å². The van der Waals surface area contributed by atoms with Gasteiger partial charge in [0.25, 0.3) is 0 Å². The Balaban J connectivity index is 0.000000528. The molecule has 0 spiro atoms. The van der Waals surface area contributed by atoms with E-state index >= 15 is 0 Å². The molecule has 0 bridgehead atoms. The van der Waals surface area contributed by atoms with Crippen molar-refractivity contribution in [2.24, 2.45) is 5.73 Å². The Kier molecular flexibility index (Phi) is 17.1. The first kappa shape index (κ1) is 26.0. The smallest absolute Gasteiger partial charge is 0.217 e. The van der Waals surface area contributed by atoms with Gasteiger partial charge >= 0.3 is 0 Å². The molecule has 1 aliphatic heterocycles. The molecule has 1 aromatic rings. The van der Waals surface area contributed by atoms with E-state index in [1.165, 1.54) is 70.1 Å². The summed E-state index contributed by atoms with van der Waals surface area (Å²) in [5.41, 5.74) is 6.38. The molecular formula is C24H40N2O2. The maximum absolute atomic E-state index is 10.3. The van der Waals surface area contributed by atoms with E-state index in [9.17, 15) is 4.79 Å². The normalized spacial score (nSPS) is 13.0. The van der Waals surface area contributed by atoms with E-state index in [4.69, 9.17) is 10.5 Å². The fourth-order valence-corrected chi connectivity index (χ4v) is 3.21. The molecule has 2 N–H and O–H groups in total. The van der Waals surface area contributed by atoms with E-state index in [1.54, 1.807) is 7.11 Å². The molecule has 28 heavy (non-hydrogen) atoms. The number of nitrogens with zero attached hydrogens (tertiary/aromatic N) is 1. The second-order valence-electron chi connectivity index (χ2n) is 7.13. The summed E-state index contributed by atoms with van der Waals surface area (Å²) in [7, 11) is 1.71. The van der Waals surface area contributed by atoms with Crippen LogP contribution in [0.4, 0.5) is 0 Å². The number of nitrogens with two attached hydrogens (primary N) is 1. The number of hydrogen-bond donors (Lipinski definition) is 1. The molecule has 0 unspecified atom stereocenters. The van der Waals surface area contributed by atoms with Gasteiger partial charge in [-0.15, -0.1) is 12.8 Å². The van der Waals surface area contributed by atoms with E-state index in [0.29, 0.717) is 6.42 Å². The first-order chi connectivity index (χ1) is 13.7. The van der Waals surface area contributed by atoms with Gasteiger partial charge in [-0.2, -0.15) is 0 Å². The summed E-state index contributed by atoms with van der Waals surface area (Å²) in [5, 5.41) is 0. The lowest BCUT2D eigenvalue weighted by atomic mass is 10.1. The van der Waals surface area contributed by atoms with Crippen molar-refractivity contribution in [3.05, 3.63) is 29.8 Å². The van der Waals surface area contributed by atoms with Crippen molar-refractivity contribution in [1.29, 1.82) is 0 Å². The first-order valence-electron chi connectivity index (χ1n) is 10.6. The lowest BCUT2D eigenvalue weighted by Crippen LogP contribution is -2.20. The highest BCUT2D eigenvalue weighted by Gasteiger charge is 2.10. The maximum atomic E-state index is 10.3. The second-order valence-corrected chi connectivity index (χ2v) is 7.13. The van der Waals surface area contributed by atoms with Crippen LogP contribution in [0.25, 0.3) is 0 Å². The topological polar surface area (TPSA) is 55.6 Å². The molecule has 1 aromatic carbocycles. The molecule has 0 radical (unpaired) electrons. The van der Waals surface area contributed by atoms with Gasteiger partial charge in [-0.25, -0.2) is 0 Å². The highest BCUT2D eigenvalue weighted by atomic mass is 16.5. The van der Waals surface area contributed by atoms with Crippen LogP contribution in [0.2, 0.25) is 0 Å². The first-order valence-corrected chi connectivity index (χ1v) is 10.6. The Labute approximate surface area is 172 Å². The predicted molar refractivity (Wildman–Crippen MR) is 119 cm³/mol. The number of primary amides is 1. The van der Waals surface area contributed by atoms with Crippen molar-refractivity contribution in [2.75, 3.05) is 26.7 Å². The van der Waals surface area contributed by atoms with Crippen LogP contribution in [-0.2, 0) is 11.2 Å². The highest BCUT2D eigenvalue weighted by Crippen LogP contribution is 2.14. The van der Waals surface area contributed by atoms with Crippen LogP contribution >= 0.6 is 0 Å². The van der Waals surface area contributed by atoms with Crippen molar-refractivity contribution in [3.8, 4) is 18.6 Å². The minimum atomic E-state index is -0.170. The summed E-state index contributed by atoms with van der Waals surface area (Å²) in [4.78, 5) is 12.8. The zero-order valence-electron chi connectivity index (χ0n) is 18.0. The molecule has 4 heteroatoms. The van der Waals surface area contributed by atoms with Crippen LogP contribution in [0.3, 0.4) is 0 Å². The fraction of sp³-hybridized carbons (Fsp3) is 0.625. The third kappa shape index (κ3) is 14.1. The number of aryl methyl sites for hydroxylation is 1. The zero-order valence-corrected chi connectivity index (χ0v) is 18.0. The molecule has 1 fully saturated rings. The average Bonchev–Trinajstić information content (AvgIpc) is 3.24. The molecule has 1 heterocycles. The van der Waals surface area contributed by atoms with E-state index < -0.39 is 0 Å². The number of carbonyl (C=O) groups excluding carboxylic acids is 1. The number of ether oxygens (including phenoxy) is 1. The van der Waals surface area contributed by atoms with Gasteiger partial charge in [-0.1, -0.05) is 44.7 Å². The van der Waals surface area contributed by atoms with E-state index in [1.807, 2.05) is 12.1 Å². The van der Waals surface area contributed by atoms with Crippen molar-refractivity contribution in [1.82, 2.24) is 4.90 Å². The number of benzene rings is 1. The Bertz CT molecular complexity index is 505. The molecule has 1 saturated heterocycles. The lowest BCUT2D eigenvalue weighted by molar-refractivity contribution is -0.118. The quantitative estimate of drug-likeness (QED) is 0.437. The van der Waals surface area contributed by atoms with Gasteiger partial charge in [0.2, 0.25) is 5.91 Å². The Morgan fingerprint density at radius 3 is 2.18 bits per heavy atom. The lowest BCUT2D eigenvalue weighted by Gasteiger charge is -2.13. The van der Waals surface area contributed by atoms with Gasteiger partial charge in [0.05, 0.1) is 7.11 Å². The SMILES string of the molecule is C#C.CCCCCCCC(N)=O.COc1ccc(CCCN2CCCC2)cc1. The fourth-order valence-electron chi connectivity index (χ4n) is 3.21. The number of terminal acetylenes is 1. The second kappa shape index (κ2) is 18.4. The number of amides is 1. The highest BCUT2D eigenvalue weighted by molar-refractivity contribution is 5.73. The number of carbonyl (C=O) groups is 1.